The van der Waals surface area contributed by atoms with Crippen molar-refractivity contribution in [1.82, 2.24) is 4.90 Å². The normalized spacial score (nSPS) is 20.1. The smallest absolute Gasteiger partial charge is 0.223 e. The molecule has 1 aliphatic carbocycles. The Balaban J connectivity index is 1.42. The minimum atomic E-state index is 0.111. The van der Waals surface area contributed by atoms with Crippen LogP contribution < -0.4 is 4.74 Å². The third-order valence-electron chi connectivity index (χ3n) is 5.57. The number of benzene rings is 2. The summed E-state index contributed by atoms with van der Waals surface area (Å²) in [5.41, 5.74) is 1.15. The van der Waals surface area contributed by atoms with Crippen LogP contribution in [0.1, 0.15) is 49.5 Å². The number of carbonyl (C=O) groups excluding carboxylic acids is 1. The first-order chi connectivity index (χ1) is 13.3. The zero-order valence-corrected chi connectivity index (χ0v) is 16.5. The maximum atomic E-state index is 12.8. The average molecular weight is 382 g/mol. The second kappa shape index (κ2) is 8.83. The van der Waals surface area contributed by atoms with E-state index in [1.165, 1.54) is 25.7 Å². The van der Waals surface area contributed by atoms with Gasteiger partial charge in [0, 0.05) is 18.7 Å². The van der Waals surface area contributed by atoms with Crippen molar-refractivity contribution in [3.63, 3.8) is 0 Å². The molecule has 142 valence electrons. The molecular formula is C23H27NO2S. The molecule has 2 fully saturated rings. The lowest BCUT2D eigenvalue weighted by Gasteiger charge is -2.25. The highest BCUT2D eigenvalue weighted by Gasteiger charge is 2.31. The molecule has 0 unspecified atom stereocenters. The van der Waals surface area contributed by atoms with Gasteiger partial charge >= 0.3 is 0 Å². The highest BCUT2D eigenvalue weighted by Crippen LogP contribution is 2.40. The minimum Gasteiger partial charge on any atom is -0.457 e. The molecule has 1 amide bonds. The van der Waals surface area contributed by atoms with Crippen LogP contribution in [0.2, 0.25) is 0 Å². The molecule has 2 aromatic carbocycles. The number of ether oxygens (including phenoxy) is 1. The quantitative estimate of drug-likeness (QED) is 0.612. The molecule has 1 atom stereocenters. The van der Waals surface area contributed by atoms with E-state index in [1.54, 1.807) is 0 Å². The van der Waals surface area contributed by atoms with Gasteiger partial charge in [-0.05, 0) is 42.2 Å². The van der Waals surface area contributed by atoms with Gasteiger partial charge in [-0.2, -0.15) is 0 Å². The number of rotatable bonds is 6. The summed E-state index contributed by atoms with van der Waals surface area (Å²) in [5, 5.41) is 0.111. The molecule has 1 saturated heterocycles. The Labute approximate surface area is 166 Å². The largest absolute Gasteiger partial charge is 0.457 e. The fourth-order valence-corrected chi connectivity index (χ4v) is 5.40. The van der Waals surface area contributed by atoms with Crippen LogP contribution in [0.4, 0.5) is 0 Å². The van der Waals surface area contributed by atoms with Crippen LogP contribution in [0.15, 0.2) is 54.6 Å². The zero-order valence-electron chi connectivity index (χ0n) is 15.7. The minimum absolute atomic E-state index is 0.111. The predicted molar refractivity (Wildman–Crippen MR) is 111 cm³/mol. The number of hydrogen-bond donors (Lipinski definition) is 0. The van der Waals surface area contributed by atoms with Crippen molar-refractivity contribution in [2.45, 2.75) is 43.9 Å². The number of thioether (sulfide) groups is 1. The van der Waals surface area contributed by atoms with Gasteiger partial charge in [-0.1, -0.05) is 56.0 Å². The summed E-state index contributed by atoms with van der Waals surface area (Å²) in [6.07, 6.45) is 7.06. The van der Waals surface area contributed by atoms with Crippen LogP contribution >= 0.6 is 11.8 Å². The third-order valence-corrected chi connectivity index (χ3v) is 6.84. The second-order valence-electron chi connectivity index (χ2n) is 7.49. The lowest BCUT2D eigenvalue weighted by Crippen LogP contribution is -2.30. The Morgan fingerprint density at radius 3 is 2.63 bits per heavy atom. The van der Waals surface area contributed by atoms with Crippen LogP contribution in [0.5, 0.6) is 11.5 Å². The van der Waals surface area contributed by atoms with Crippen LogP contribution in [0, 0.1) is 5.92 Å². The van der Waals surface area contributed by atoms with Crippen molar-refractivity contribution in [2.75, 3.05) is 12.3 Å². The van der Waals surface area contributed by atoms with Crippen LogP contribution in [0.3, 0.4) is 0 Å². The van der Waals surface area contributed by atoms with Gasteiger partial charge in [0.15, 0.2) is 0 Å². The highest BCUT2D eigenvalue weighted by atomic mass is 32.2. The second-order valence-corrected chi connectivity index (χ2v) is 8.68. The topological polar surface area (TPSA) is 29.5 Å². The first kappa shape index (κ1) is 18.4. The van der Waals surface area contributed by atoms with Gasteiger partial charge in [0.05, 0.1) is 0 Å². The summed E-state index contributed by atoms with van der Waals surface area (Å²) in [7, 11) is 0. The first-order valence-electron chi connectivity index (χ1n) is 10.0. The standard InChI is InChI=1S/C23H27NO2S/c25-22(14-13-18-7-4-5-8-18)24-15-16-27-23(24)19-9-6-12-21(17-19)26-20-10-2-1-3-11-20/h1-3,6,9-12,17-18,23H,4-5,7-8,13-16H2/t23-/m1/s1. The summed E-state index contributed by atoms with van der Waals surface area (Å²) in [4.78, 5) is 14.9. The summed E-state index contributed by atoms with van der Waals surface area (Å²) in [5.74, 6) is 3.74. The van der Waals surface area contributed by atoms with E-state index in [9.17, 15) is 4.79 Å². The molecule has 4 heteroatoms. The molecule has 0 N–H and O–H groups in total. The average Bonchev–Trinajstić information content (AvgIpc) is 3.39. The van der Waals surface area contributed by atoms with E-state index in [0.717, 1.165) is 41.7 Å². The van der Waals surface area contributed by atoms with Crippen molar-refractivity contribution in [3.8, 4) is 11.5 Å². The molecule has 3 nitrogen and oxygen atoms in total. The van der Waals surface area contributed by atoms with Crippen LogP contribution in [0.25, 0.3) is 0 Å². The maximum Gasteiger partial charge on any atom is 0.223 e. The van der Waals surface area contributed by atoms with Gasteiger partial charge < -0.3 is 9.64 Å². The van der Waals surface area contributed by atoms with Gasteiger partial charge in [-0.15, -0.1) is 11.8 Å². The Kier molecular flexibility index (Phi) is 6.03. The molecule has 1 saturated carbocycles. The molecule has 0 spiro atoms. The Hall–Kier alpha value is -1.94. The molecule has 0 radical (unpaired) electrons. The Morgan fingerprint density at radius 1 is 1.04 bits per heavy atom. The molecule has 2 aromatic rings. The summed E-state index contributed by atoms with van der Waals surface area (Å²) < 4.78 is 5.98. The van der Waals surface area contributed by atoms with Crippen LogP contribution in [-0.4, -0.2) is 23.1 Å². The van der Waals surface area contributed by atoms with Gasteiger partial charge in [-0.3, -0.25) is 4.79 Å². The molecule has 27 heavy (non-hydrogen) atoms. The van der Waals surface area contributed by atoms with Crippen molar-refractivity contribution in [2.24, 2.45) is 5.92 Å². The molecule has 0 aromatic heterocycles. The molecule has 1 aliphatic heterocycles. The monoisotopic (exact) mass is 381 g/mol. The van der Waals surface area contributed by atoms with E-state index in [1.807, 2.05) is 54.2 Å². The van der Waals surface area contributed by atoms with Gasteiger partial charge in [0.2, 0.25) is 5.91 Å². The number of nitrogens with zero attached hydrogens (tertiary/aromatic N) is 1. The van der Waals surface area contributed by atoms with E-state index < -0.39 is 0 Å². The van der Waals surface area contributed by atoms with E-state index in [0.29, 0.717) is 12.3 Å². The van der Waals surface area contributed by atoms with Crippen molar-refractivity contribution in [1.29, 1.82) is 0 Å². The number of carbonyl (C=O) groups is 1. The van der Waals surface area contributed by atoms with Gasteiger partial charge in [0.25, 0.3) is 0 Å². The van der Waals surface area contributed by atoms with Crippen molar-refractivity contribution < 1.29 is 9.53 Å². The molecule has 1 heterocycles. The van der Waals surface area contributed by atoms with Crippen molar-refractivity contribution in [3.05, 3.63) is 60.2 Å². The molecular weight excluding hydrogens is 354 g/mol. The molecule has 2 aliphatic rings. The fourth-order valence-electron chi connectivity index (χ4n) is 4.13. The SMILES string of the molecule is O=C(CCC1CCCC1)N1CCS[C@@H]1c1cccc(Oc2ccccc2)c1. The van der Waals surface area contributed by atoms with Gasteiger partial charge in [-0.25, -0.2) is 0 Å². The fraction of sp³-hybridized carbons (Fsp3) is 0.435. The third kappa shape index (κ3) is 4.67. The lowest BCUT2D eigenvalue weighted by atomic mass is 10.0. The van der Waals surface area contributed by atoms with Crippen LogP contribution in [-0.2, 0) is 4.79 Å². The molecule has 0 bridgehead atoms. The summed E-state index contributed by atoms with van der Waals surface area (Å²) in [6, 6.07) is 18.0. The van der Waals surface area contributed by atoms with E-state index >= 15 is 0 Å². The number of para-hydroxylation sites is 1. The van der Waals surface area contributed by atoms with E-state index in [2.05, 4.69) is 17.0 Å². The van der Waals surface area contributed by atoms with Crippen molar-refractivity contribution >= 4 is 17.7 Å². The van der Waals surface area contributed by atoms with E-state index in [-0.39, 0.29) is 5.37 Å². The summed E-state index contributed by atoms with van der Waals surface area (Å²) in [6.45, 7) is 0.850. The van der Waals surface area contributed by atoms with E-state index in [4.69, 9.17) is 4.74 Å². The number of hydrogen-bond acceptors (Lipinski definition) is 3. The molecule has 4 rings (SSSR count). The Morgan fingerprint density at radius 2 is 1.81 bits per heavy atom. The number of amides is 1. The lowest BCUT2D eigenvalue weighted by molar-refractivity contribution is -0.131. The van der Waals surface area contributed by atoms with Gasteiger partial charge in [0.1, 0.15) is 16.9 Å². The summed E-state index contributed by atoms with van der Waals surface area (Å²) >= 11 is 1.85. The Bertz CT molecular complexity index is 758. The zero-order chi connectivity index (χ0) is 18.5. The highest BCUT2D eigenvalue weighted by molar-refractivity contribution is 7.99. The predicted octanol–water partition coefficient (Wildman–Crippen LogP) is 6.02. The first-order valence-corrected chi connectivity index (χ1v) is 11.1. The maximum absolute atomic E-state index is 12.8.